The van der Waals surface area contributed by atoms with Gasteiger partial charge in [0.25, 0.3) is 0 Å². The van der Waals surface area contributed by atoms with Crippen LogP contribution in [0, 0.1) is 0 Å². The van der Waals surface area contributed by atoms with Gasteiger partial charge in [-0.3, -0.25) is 4.79 Å². The molecule has 1 aliphatic heterocycles. The minimum absolute atomic E-state index is 0. The zero-order valence-electron chi connectivity index (χ0n) is 11.6. The molecule has 0 aliphatic carbocycles. The van der Waals surface area contributed by atoms with E-state index in [9.17, 15) is 4.79 Å². The summed E-state index contributed by atoms with van der Waals surface area (Å²) in [5, 5.41) is 0. The lowest BCUT2D eigenvalue weighted by Gasteiger charge is -2.30. The van der Waals surface area contributed by atoms with Crippen LogP contribution in [0.5, 0.6) is 0 Å². The molecule has 2 aromatic rings. The van der Waals surface area contributed by atoms with Crippen molar-refractivity contribution in [3.8, 4) is 0 Å². The number of pyridine rings is 1. The summed E-state index contributed by atoms with van der Waals surface area (Å²) in [6, 6.07) is 6.08. The van der Waals surface area contributed by atoms with Gasteiger partial charge >= 0.3 is 0 Å². The van der Waals surface area contributed by atoms with Crippen molar-refractivity contribution in [3.05, 3.63) is 36.3 Å². The molecule has 2 N–H and O–H groups in total. The number of aromatic nitrogens is 2. The van der Waals surface area contributed by atoms with Gasteiger partial charge in [0.2, 0.25) is 5.91 Å². The van der Waals surface area contributed by atoms with E-state index in [4.69, 9.17) is 5.73 Å². The fourth-order valence-corrected chi connectivity index (χ4v) is 2.49. The van der Waals surface area contributed by atoms with E-state index in [2.05, 4.69) is 4.98 Å². The Morgan fingerprint density at radius 1 is 1.29 bits per heavy atom. The van der Waals surface area contributed by atoms with Gasteiger partial charge < -0.3 is 15.0 Å². The number of piperidine rings is 1. The number of rotatable bonds is 2. The third kappa shape index (κ3) is 4.09. The minimum atomic E-state index is 0. The van der Waals surface area contributed by atoms with Gasteiger partial charge in [0.15, 0.2) is 0 Å². The molecule has 3 heterocycles. The standard InChI is InChI=1S/C14H18N4O.2ClH/c15-11-4-7-17(8-5-11)14(19)9-12-10-18-6-2-1-3-13(18)16-12;;/h1-3,6,10-11H,4-5,7-9,15H2;2*1H. The molecule has 0 spiro atoms. The Morgan fingerprint density at radius 3 is 2.67 bits per heavy atom. The number of imidazole rings is 1. The maximum atomic E-state index is 12.2. The molecule has 5 nitrogen and oxygen atoms in total. The maximum absolute atomic E-state index is 12.2. The van der Waals surface area contributed by atoms with Crippen LogP contribution in [0.1, 0.15) is 18.5 Å². The van der Waals surface area contributed by atoms with Crippen molar-refractivity contribution >= 4 is 36.4 Å². The number of hydrogen-bond acceptors (Lipinski definition) is 3. The average Bonchev–Trinajstić information content (AvgIpc) is 2.81. The third-order valence-electron chi connectivity index (χ3n) is 3.64. The number of hydrogen-bond donors (Lipinski definition) is 1. The van der Waals surface area contributed by atoms with E-state index in [1.54, 1.807) is 0 Å². The minimum Gasteiger partial charge on any atom is -0.342 e. The van der Waals surface area contributed by atoms with Crippen molar-refractivity contribution in [1.29, 1.82) is 0 Å². The van der Waals surface area contributed by atoms with Gasteiger partial charge in [-0.1, -0.05) is 6.07 Å². The van der Waals surface area contributed by atoms with Gasteiger partial charge in [-0.25, -0.2) is 4.98 Å². The van der Waals surface area contributed by atoms with Crippen LogP contribution >= 0.6 is 24.8 Å². The van der Waals surface area contributed by atoms with E-state index >= 15 is 0 Å². The molecule has 2 aromatic heterocycles. The molecule has 1 fully saturated rings. The molecule has 0 aromatic carbocycles. The quantitative estimate of drug-likeness (QED) is 0.910. The van der Waals surface area contributed by atoms with Crippen molar-refractivity contribution in [1.82, 2.24) is 14.3 Å². The van der Waals surface area contributed by atoms with Gasteiger partial charge in [-0.15, -0.1) is 24.8 Å². The fraction of sp³-hybridized carbons (Fsp3) is 0.429. The summed E-state index contributed by atoms with van der Waals surface area (Å²) in [5.74, 6) is 0.148. The highest BCUT2D eigenvalue weighted by atomic mass is 35.5. The highest BCUT2D eigenvalue weighted by Gasteiger charge is 2.21. The number of nitrogens with two attached hydrogens (primary N) is 1. The fourth-order valence-electron chi connectivity index (χ4n) is 2.49. The largest absolute Gasteiger partial charge is 0.342 e. The first kappa shape index (κ1) is 17.8. The smallest absolute Gasteiger partial charge is 0.228 e. The van der Waals surface area contributed by atoms with Crippen molar-refractivity contribution in [3.63, 3.8) is 0 Å². The molecule has 0 atom stereocenters. The SMILES string of the molecule is Cl.Cl.NC1CCN(C(=O)Cc2cn3ccccc3n2)CC1. The molecule has 1 aliphatic rings. The number of carbonyl (C=O) groups excluding carboxylic acids is 1. The third-order valence-corrected chi connectivity index (χ3v) is 3.64. The summed E-state index contributed by atoms with van der Waals surface area (Å²) < 4.78 is 1.94. The van der Waals surface area contributed by atoms with Crippen LogP contribution in [0.2, 0.25) is 0 Å². The van der Waals surface area contributed by atoms with Gasteiger partial charge in [0.1, 0.15) is 5.65 Å². The Hall–Kier alpha value is -1.30. The molecule has 0 unspecified atom stereocenters. The van der Waals surface area contributed by atoms with E-state index < -0.39 is 0 Å². The first-order valence-electron chi connectivity index (χ1n) is 6.68. The monoisotopic (exact) mass is 330 g/mol. The molecule has 21 heavy (non-hydrogen) atoms. The number of carbonyl (C=O) groups is 1. The lowest BCUT2D eigenvalue weighted by atomic mass is 10.1. The molecule has 116 valence electrons. The van der Waals surface area contributed by atoms with E-state index in [0.29, 0.717) is 6.42 Å². The van der Waals surface area contributed by atoms with Crippen LogP contribution in [0.15, 0.2) is 30.6 Å². The van der Waals surface area contributed by atoms with E-state index in [0.717, 1.165) is 37.3 Å². The normalized spacial score (nSPS) is 15.4. The summed E-state index contributed by atoms with van der Waals surface area (Å²) >= 11 is 0. The molecule has 3 rings (SSSR count). The molecular weight excluding hydrogens is 311 g/mol. The summed E-state index contributed by atoms with van der Waals surface area (Å²) in [4.78, 5) is 18.5. The summed E-state index contributed by atoms with van der Waals surface area (Å²) in [6.07, 6.45) is 6.03. The van der Waals surface area contributed by atoms with Crippen molar-refractivity contribution in [2.75, 3.05) is 13.1 Å². The molecule has 0 saturated carbocycles. The van der Waals surface area contributed by atoms with Crippen LogP contribution < -0.4 is 5.73 Å². The Kier molecular flexibility index (Phi) is 6.45. The van der Waals surface area contributed by atoms with Crippen LogP contribution in [0.3, 0.4) is 0 Å². The Labute approximate surface area is 136 Å². The number of nitrogens with zero attached hydrogens (tertiary/aromatic N) is 3. The van der Waals surface area contributed by atoms with Crippen molar-refractivity contribution in [2.45, 2.75) is 25.3 Å². The number of halogens is 2. The van der Waals surface area contributed by atoms with Crippen LogP contribution in [0.25, 0.3) is 5.65 Å². The molecule has 1 saturated heterocycles. The molecule has 0 radical (unpaired) electrons. The Morgan fingerprint density at radius 2 is 2.00 bits per heavy atom. The second kappa shape index (κ2) is 7.64. The zero-order chi connectivity index (χ0) is 13.2. The average molecular weight is 331 g/mol. The van der Waals surface area contributed by atoms with Crippen LogP contribution in [0.4, 0.5) is 0 Å². The summed E-state index contributed by atoms with van der Waals surface area (Å²) in [7, 11) is 0. The summed E-state index contributed by atoms with van der Waals surface area (Å²) in [5.41, 5.74) is 7.55. The number of likely N-dealkylation sites (tertiary alicyclic amines) is 1. The molecular formula is C14H20Cl2N4O. The molecule has 0 bridgehead atoms. The van der Waals surface area contributed by atoms with E-state index in [1.807, 2.05) is 39.9 Å². The summed E-state index contributed by atoms with van der Waals surface area (Å²) in [6.45, 7) is 1.54. The topological polar surface area (TPSA) is 63.6 Å². The second-order valence-corrected chi connectivity index (χ2v) is 5.09. The highest BCUT2D eigenvalue weighted by Crippen LogP contribution is 2.11. The number of fused-ring (bicyclic) bond motifs is 1. The first-order valence-corrected chi connectivity index (χ1v) is 6.68. The van der Waals surface area contributed by atoms with E-state index in [-0.39, 0.29) is 36.8 Å². The lowest BCUT2D eigenvalue weighted by Crippen LogP contribution is -2.43. The van der Waals surface area contributed by atoms with Gasteiger partial charge in [0, 0.05) is 31.5 Å². The molecule has 1 amide bonds. The van der Waals surface area contributed by atoms with Crippen molar-refractivity contribution in [2.24, 2.45) is 5.73 Å². The first-order chi connectivity index (χ1) is 9.22. The van der Waals surface area contributed by atoms with Gasteiger partial charge in [0.05, 0.1) is 12.1 Å². The van der Waals surface area contributed by atoms with Crippen molar-refractivity contribution < 1.29 is 4.79 Å². The van der Waals surface area contributed by atoms with E-state index in [1.165, 1.54) is 0 Å². The van der Waals surface area contributed by atoms with Gasteiger partial charge in [-0.2, -0.15) is 0 Å². The van der Waals surface area contributed by atoms with Crippen LogP contribution in [-0.2, 0) is 11.2 Å². The highest BCUT2D eigenvalue weighted by molar-refractivity contribution is 5.85. The number of amides is 1. The second-order valence-electron chi connectivity index (χ2n) is 5.09. The van der Waals surface area contributed by atoms with Crippen LogP contribution in [-0.4, -0.2) is 39.3 Å². The predicted octanol–water partition coefficient (Wildman–Crippen LogP) is 1.67. The zero-order valence-corrected chi connectivity index (χ0v) is 13.3. The Balaban J connectivity index is 0.00000110. The van der Waals surface area contributed by atoms with Gasteiger partial charge in [-0.05, 0) is 25.0 Å². The molecule has 7 heteroatoms. The Bertz CT molecular complexity index is 560. The predicted molar refractivity (Wildman–Crippen MR) is 87.2 cm³/mol. The maximum Gasteiger partial charge on any atom is 0.228 e. The lowest BCUT2D eigenvalue weighted by molar-refractivity contribution is -0.131.